The first-order valence-electron chi connectivity index (χ1n) is 6.49. The molecule has 0 atom stereocenters. The maximum Gasteiger partial charge on any atom is 0.171 e. The highest BCUT2D eigenvalue weighted by atomic mass is 16.7. The molecule has 0 unspecified atom stereocenters. The number of pyridine rings is 1. The van der Waals surface area contributed by atoms with Gasteiger partial charge in [0.15, 0.2) is 5.79 Å². The maximum absolute atomic E-state index is 5.72. The lowest BCUT2D eigenvalue weighted by molar-refractivity contribution is -0.169. The fourth-order valence-electron chi connectivity index (χ4n) is 2.59. The molecular formula is C13H19N3O2. The summed E-state index contributed by atoms with van der Waals surface area (Å²) >= 11 is 0. The molecule has 3 rings (SSSR count). The van der Waals surface area contributed by atoms with Crippen molar-refractivity contribution in [2.45, 2.75) is 25.2 Å². The quantitative estimate of drug-likeness (QED) is 0.843. The van der Waals surface area contributed by atoms with Crippen LogP contribution in [0.25, 0.3) is 0 Å². The van der Waals surface area contributed by atoms with E-state index in [4.69, 9.17) is 15.2 Å². The Labute approximate surface area is 107 Å². The van der Waals surface area contributed by atoms with E-state index in [0.29, 0.717) is 6.54 Å². The first-order chi connectivity index (χ1) is 8.81. The van der Waals surface area contributed by atoms with Crippen molar-refractivity contribution in [2.24, 2.45) is 5.73 Å². The van der Waals surface area contributed by atoms with Crippen LogP contribution in [0.15, 0.2) is 18.3 Å². The van der Waals surface area contributed by atoms with E-state index in [1.807, 2.05) is 18.3 Å². The number of nitrogens with zero attached hydrogens (tertiary/aromatic N) is 2. The number of aromatic nitrogens is 1. The monoisotopic (exact) mass is 249 g/mol. The highest BCUT2D eigenvalue weighted by Gasteiger charge is 2.39. The number of piperidine rings is 1. The molecule has 1 aromatic rings. The summed E-state index contributed by atoms with van der Waals surface area (Å²) in [6.45, 7) is 3.84. The second-order valence-electron chi connectivity index (χ2n) is 4.82. The van der Waals surface area contributed by atoms with Crippen molar-refractivity contribution in [3.8, 4) is 0 Å². The van der Waals surface area contributed by atoms with Gasteiger partial charge in [0.25, 0.3) is 0 Å². The molecule has 2 saturated heterocycles. The third-order valence-corrected chi connectivity index (χ3v) is 3.71. The fraction of sp³-hybridized carbons (Fsp3) is 0.615. The highest BCUT2D eigenvalue weighted by molar-refractivity contribution is 5.40. The van der Waals surface area contributed by atoms with Gasteiger partial charge >= 0.3 is 0 Å². The third kappa shape index (κ3) is 2.21. The lowest BCUT2D eigenvalue weighted by Gasteiger charge is -2.38. The molecule has 0 saturated carbocycles. The molecule has 18 heavy (non-hydrogen) atoms. The molecule has 2 aliphatic heterocycles. The summed E-state index contributed by atoms with van der Waals surface area (Å²) in [6.07, 6.45) is 3.67. The van der Waals surface area contributed by atoms with Crippen molar-refractivity contribution in [1.82, 2.24) is 4.98 Å². The van der Waals surface area contributed by atoms with Gasteiger partial charge < -0.3 is 20.1 Å². The van der Waals surface area contributed by atoms with Crippen LogP contribution in [0.3, 0.4) is 0 Å². The normalized spacial score (nSPS) is 22.6. The number of hydrogen-bond acceptors (Lipinski definition) is 5. The van der Waals surface area contributed by atoms with Crippen molar-refractivity contribution in [1.29, 1.82) is 0 Å². The summed E-state index contributed by atoms with van der Waals surface area (Å²) in [5.41, 5.74) is 6.63. The highest BCUT2D eigenvalue weighted by Crippen LogP contribution is 2.32. The van der Waals surface area contributed by atoms with Gasteiger partial charge in [-0.25, -0.2) is 4.98 Å². The Balaban J connectivity index is 1.64. The summed E-state index contributed by atoms with van der Waals surface area (Å²) < 4.78 is 11.4. The summed E-state index contributed by atoms with van der Waals surface area (Å²) in [6, 6.07) is 4.08. The number of ether oxygens (including phenoxy) is 2. The van der Waals surface area contributed by atoms with Gasteiger partial charge in [-0.2, -0.15) is 0 Å². The fourth-order valence-corrected chi connectivity index (χ4v) is 2.59. The number of nitrogens with two attached hydrogens (primary N) is 1. The minimum atomic E-state index is -0.312. The van der Waals surface area contributed by atoms with Crippen LogP contribution in [0, 0.1) is 0 Å². The zero-order valence-corrected chi connectivity index (χ0v) is 10.5. The molecule has 0 aliphatic carbocycles. The van der Waals surface area contributed by atoms with Gasteiger partial charge in [0.1, 0.15) is 5.82 Å². The van der Waals surface area contributed by atoms with E-state index in [1.165, 1.54) is 0 Å². The molecule has 2 N–H and O–H groups in total. The van der Waals surface area contributed by atoms with Gasteiger partial charge in [0.05, 0.1) is 13.2 Å². The van der Waals surface area contributed by atoms with Gasteiger partial charge in [0.2, 0.25) is 0 Å². The van der Waals surface area contributed by atoms with Gasteiger partial charge in [-0.05, 0) is 11.6 Å². The Bertz CT molecular complexity index is 391. The van der Waals surface area contributed by atoms with Crippen molar-refractivity contribution < 1.29 is 9.47 Å². The molecule has 2 fully saturated rings. The molecule has 0 amide bonds. The topological polar surface area (TPSA) is 60.6 Å². The molecule has 5 nitrogen and oxygen atoms in total. The van der Waals surface area contributed by atoms with Crippen LogP contribution in [0.1, 0.15) is 18.4 Å². The van der Waals surface area contributed by atoms with E-state index in [1.54, 1.807) is 0 Å². The summed E-state index contributed by atoms with van der Waals surface area (Å²) in [7, 11) is 0. The van der Waals surface area contributed by atoms with Gasteiger partial charge in [-0.15, -0.1) is 0 Å². The molecule has 98 valence electrons. The molecular weight excluding hydrogens is 230 g/mol. The Morgan fingerprint density at radius 1 is 1.22 bits per heavy atom. The molecule has 5 heteroatoms. The molecule has 1 spiro atoms. The van der Waals surface area contributed by atoms with Crippen LogP contribution in [-0.2, 0) is 16.0 Å². The summed E-state index contributed by atoms with van der Waals surface area (Å²) in [4.78, 5) is 6.73. The lowest BCUT2D eigenvalue weighted by Crippen LogP contribution is -2.45. The number of hydrogen-bond donors (Lipinski definition) is 1. The van der Waals surface area contributed by atoms with Gasteiger partial charge in [0, 0.05) is 38.7 Å². The van der Waals surface area contributed by atoms with Crippen LogP contribution in [0.2, 0.25) is 0 Å². The predicted molar refractivity (Wildman–Crippen MR) is 68.2 cm³/mol. The van der Waals surface area contributed by atoms with Crippen LogP contribution in [0.5, 0.6) is 0 Å². The van der Waals surface area contributed by atoms with E-state index in [2.05, 4.69) is 9.88 Å². The number of rotatable bonds is 2. The second-order valence-corrected chi connectivity index (χ2v) is 4.82. The maximum atomic E-state index is 5.72. The molecule has 3 heterocycles. The van der Waals surface area contributed by atoms with Crippen molar-refractivity contribution in [3.05, 3.63) is 23.9 Å². The van der Waals surface area contributed by atoms with Gasteiger partial charge in [-0.3, -0.25) is 0 Å². The minimum absolute atomic E-state index is 0.312. The Morgan fingerprint density at radius 2 is 1.94 bits per heavy atom. The minimum Gasteiger partial charge on any atom is -0.356 e. The summed E-state index contributed by atoms with van der Waals surface area (Å²) in [5.74, 6) is 0.702. The van der Waals surface area contributed by atoms with E-state index in [9.17, 15) is 0 Å². The van der Waals surface area contributed by atoms with E-state index in [-0.39, 0.29) is 5.79 Å². The van der Waals surface area contributed by atoms with Crippen LogP contribution in [0.4, 0.5) is 5.82 Å². The lowest BCUT2D eigenvalue weighted by atomic mass is 10.0. The van der Waals surface area contributed by atoms with Crippen LogP contribution in [-0.4, -0.2) is 37.1 Å². The third-order valence-electron chi connectivity index (χ3n) is 3.71. The molecule has 0 aromatic carbocycles. The van der Waals surface area contributed by atoms with Crippen molar-refractivity contribution in [2.75, 3.05) is 31.2 Å². The number of anilines is 1. The molecule has 0 bridgehead atoms. The smallest absolute Gasteiger partial charge is 0.171 e. The first kappa shape index (κ1) is 11.9. The molecule has 0 radical (unpaired) electrons. The van der Waals surface area contributed by atoms with E-state index >= 15 is 0 Å². The standard InChI is InChI=1S/C13H19N3O2/c14-9-11-1-2-12(15-10-11)16-5-3-13(4-6-16)17-7-8-18-13/h1-2,10H,3-9,14H2. The zero-order valence-electron chi connectivity index (χ0n) is 10.5. The van der Waals surface area contributed by atoms with E-state index < -0.39 is 0 Å². The largest absolute Gasteiger partial charge is 0.356 e. The Hall–Kier alpha value is -1.17. The van der Waals surface area contributed by atoms with Crippen molar-refractivity contribution >= 4 is 5.82 Å². The van der Waals surface area contributed by atoms with Crippen LogP contribution < -0.4 is 10.6 Å². The SMILES string of the molecule is NCc1ccc(N2CCC3(CC2)OCCO3)nc1. The second kappa shape index (κ2) is 4.84. The van der Waals surface area contributed by atoms with E-state index in [0.717, 1.165) is 50.5 Å². The Kier molecular flexibility index (Phi) is 3.20. The average molecular weight is 249 g/mol. The Morgan fingerprint density at radius 3 is 2.50 bits per heavy atom. The van der Waals surface area contributed by atoms with Crippen molar-refractivity contribution in [3.63, 3.8) is 0 Å². The molecule has 1 aromatic heterocycles. The zero-order chi connectivity index (χ0) is 12.4. The predicted octanol–water partition coefficient (Wildman–Crippen LogP) is 0.884. The van der Waals surface area contributed by atoms with Gasteiger partial charge in [-0.1, -0.05) is 6.07 Å². The first-order valence-corrected chi connectivity index (χ1v) is 6.49. The average Bonchev–Trinajstić information content (AvgIpc) is 2.88. The summed E-state index contributed by atoms with van der Waals surface area (Å²) in [5, 5.41) is 0. The molecule has 2 aliphatic rings. The van der Waals surface area contributed by atoms with Crippen LogP contribution >= 0.6 is 0 Å².